The van der Waals surface area contributed by atoms with Crippen molar-refractivity contribution in [2.75, 3.05) is 39.5 Å². The van der Waals surface area contributed by atoms with E-state index in [1.54, 1.807) is 0 Å². The van der Waals surface area contributed by atoms with Gasteiger partial charge in [-0.05, 0) is 12.5 Å². The van der Waals surface area contributed by atoms with Crippen LogP contribution in [0, 0.1) is 0 Å². The van der Waals surface area contributed by atoms with Crippen molar-refractivity contribution in [3.63, 3.8) is 0 Å². The molecule has 0 unspecified atom stereocenters. The second-order valence-corrected chi connectivity index (χ2v) is 4.47. The third-order valence-corrected chi connectivity index (χ3v) is 3.17. The quantitative estimate of drug-likeness (QED) is 0.854. The maximum absolute atomic E-state index is 5.81. The molecule has 1 aliphatic heterocycles. The lowest BCUT2D eigenvalue weighted by Crippen LogP contribution is -2.30. The van der Waals surface area contributed by atoms with E-state index in [0.29, 0.717) is 13.2 Å². The van der Waals surface area contributed by atoms with Gasteiger partial charge < -0.3 is 15.2 Å². The first-order chi connectivity index (χ1) is 8.90. The van der Waals surface area contributed by atoms with Crippen molar-refractivity contribution < 1.29 is 9.47 Å². The normalized spacial score (nSPS) is 17.4. The van der Waals surface area contributed by atoms with Gasteiger partial charge in [0.05, 0.1) is 6.61 Å². The van der Waals surface area contributed by atoms with Crippen molar-refractivity contribution in [1.29, 1.82) is 0 Å². The number of para-hydroxylation sites is 1. The molecular formula is C14H22N2O2. The lowest BCUT2D eigenvalue weighted by atomic mass is 10.2. The van der Waals surface area contributed by atoms with E-state index < -0.39 is 0 Å². The predicted molar refractivity (Wildman–Crippen MR) is 71.7 cm³/mol. The monoisotopic (exact) mass is 250 g/mol. The van der Waals surface area contributed by atoms with E-state index in [1.165, 1.54) is 0 Å². The highest BCUT2D eigenvalue weighted by Gasteiger charge is 2.09. The number of rotatable bonds is 5. The van der Waals surface area contributed by atoms with Crippen molar-refractivity contribution in [3.05, 3.63) is 29.8 Å². The standard InChI is InChI=1S/C14H22N2O2/c15-12-13-4-1-2-5-14(13)18-11-8-16-6-3-9-17-10-7-16/h1-2,4-5H,3,6-12,15H2. The minimum absolute atomic E-state index is 0.522. The fourth-order valence-electron chi connectivity index (χ4n) is 2.12. The van der Waals surface area contributed by atoms with Crippen LogP contribution in [0.2, 0.25) is 0 Å². The summed E-state index contributed by atoms with van der Waals surface area (Å²) in [6.07, 6.45) is 1.11. The fourth-order valence-corrected chi connectivity index (χ4v) is 2.12. The summed E-state index contributed by atoms with van der Waals surface area (Å²) >= 11 is 0. The number of nitrogens with zero attached hydrogens (tertiary/aromatic N) is 1. The minimum Gasteiger partial charge on any atom is -0.492 e. The zero-order valence-corrected chi connectivity index (χ0v) is 10.8. The number of hydrogen-bond acceptors (Lipinski definition) is 4. The van der Waals surface area contributed by atoms with Crippen LogP contribution in [0.4, 0.5) is 0 Å². The Morgan fingerprint density at radius 3 is 3.00 bits per heavy atom. The zero-order valence-electron chi connectivity index (χ0n) is 10.8. The molecule has 1 heterocycles. The summed E-state index contributed by atoms with van der Waals surface area (Å²) in [5.41, 5.74) is 6.75. The molecule has 2 rings (SSSR count). The van der Waals surface area contributed by atoms with Gasteiger partial charge in [-0.25, -0.2) is 0 Å². The molecule has 4 nitrogen and oxygen atoms in total. The van der Waals surface area contributed by atoms with E-state index in [1.807, 2.05) is 24.3 Å². The van der Waals surface area contributed by atoms with Crippen molar-refractivity contribution in [3.8, 4) is 5.75 Å². The molecule has 0 aromatic heterocycles. The van der Waals surface area contributed by atoms with Crippen molar-refractivity contribution in [2.24, 2.45) is 5.73 Å². The lowest BCUT2D eigenvalue weighted by Gasteiger charge is -2.19. The summed E-state index contributed by atoms with van der Waals surface area (Å²) in [6.45, 7) is 5.99. The molecule has 1 fully saturated rings. The summed E-state index contributed by atoms with van der Waals surface area (Å²) in [6, 6.07) is 7.96. The average molecular weight is 250 g/mol. The van der Waals surface area contributed by atoms with E-state index >= 15 is 0 Å². The molecule has 0 amide bonds. The van der Waals surface area contributed by atoms with E-state index in [2.05, 4.69) is 4.90 Å². The Hall–Kier alpha value is -1.10. The first kappa shape index (κ1) is 13.3. The van der Waals surface area contributed by atoms with Gasteiger partial charge in [0.2, 0.25) is 0 Å². The lowest BCUT2D eigenvalue weighted by molar-refractivity contribution is 0.137. The molecule has 0 bridgehead atoms. The molecule has 2 N–H and O–H groups in total. The predicted octanol–water partition coefficient (Wildman–Crippen LogP) is 1.25. The van der Waals surface area contributed by atoms with Gasteiger partial charge in [-0.2, -0.15) is 0 Å². The highest BCUT2D eigenvalue weighted by Crippen LogP contribution is 2.16. The van der Waals surface area contributed by atoms with Gasteiger partial charge >= 0.3 is 0 Å². The molecule has 4 heteroatoms. The molecule has 1 saturated heterocycles. The first-order valence-corrected chi connectivity index (χ1v) is 6.61. The molecule has 100 valence electrons. The Labute approximate surface area is 109 Å². The summed E-state index contributed by atoms with van der Waals surface area (Å²) in [5, 5.41) is 0. The average Bonchev–Trinajstić information content (AvgIpc) is 2.68. The Morgan fingerprint density at radius 1 is 1.22 bits per heavy atom. The van der Waals surface area contributed by atoms with Crippen LogP contribution >= 0.6 is 0 Å². The van der Waals surface area contributed by atoms with Gasteiger partial charge in [-0.15, -0.1) is 0 Å². The summed E-state index contributed by atoms with van der Waals surface area (Å²) in [7, 11) is 0. The van der Waals surface area contributed by atoms with Crippen LogP contribution in [0.1, 0.15) is 12.0 Å². The fraction of sp³-hybridized carbons (Fsp3) is 0.571. The molecule has 1 aromatic rings. The highest BCUT2D eigenvalue weighted by atomic mass is 16.5. The Kier molecular flexibility index (Phi) is 5.45. The van der Waals surface area contributed by atoms with Crippen LogP contribution in [0.15, 0.2) is 24.3 Å². The Bertz CT molecular complexity index is 349. The molecule has 0 aliphatic carbocycles. The van der Waals surface area contributed by atoms with Gasteiger partial charge in [0.25, 0.3) is 0 Å². The van der Waals surface area contributed by atoms with Crippen LogP contribution in [0.3, 0.4) is 0 Å². The Morgan fingerprint density at radius 2 is 2.11 bits per heavy atom. The van der Waals surface area contributed by atoms with E-state index in [0.717, 1.165) is 50.6 Å². The molecule has 0 spiro atoms. The second-order valence-electron chi connectivity index (χ2n) is 4.47. The number of nitrogens with two attached hydrogens (primary N) is 1. The minimum atomic E-state index is 0.522. The second kappa shape index (κ2) is 7.36. The highest BCUT2D eigenvalue weighted by molar-refractivity contribution is 5.32. The maximum Gasteiger partial charge on any atom is 0.123 e. The van der Waals surface area contributed by atoms with Crippen molar-refractivity contribution in [1.82, 2.24) is 4.90 Å². The van der Waals surface area contributed by atoms with Gasteiger partial charge in [-0.3, -0.25) is 4.90 Å². The molecule has 1 aliphatic rings. The van der Waals surface area contributed by atoms with Crippen LogP contribution in [0.5, 0.6) is 5.75 Å². The van der Waals surface area contributed by atoms with Gasteiger partial charge in [0.1, 0.15) is 12.4 Å². The van der Waals surface area contributed by atoms with Crippen LogP contribution in [-0.4, -0.2) is 44.4 Å². The van der Waals surface area contributed by atoms with E-state index in [9.17, 15) is 0 Å². The molecule has 0 atom stereocenters. The molecular weight excluding hydrogens is 228 g/mol. The van der Waals surface area contributed by atoms with E-state index in [-0.39, 0.29) is 0 Å². The van der Waals surface area contributed by atoms with Crippen LogP contribution in [0.25, 0.3) is 0 Å². The van der Waals surface area contributed by atoms with Gasteiger partial charge in [0.15, 0.2) is 0 Å². The van der Waals surface area contributed by atoms with Gasteiger partial charge in [0, 0.05) is 38.3 Å². The SMILES string of the molecule is NCc1ccccc1OCCN1CCCOCC1. The van der Waals surface area contributed by atoms with E-state index in [4.69, 9.17) is 15.2 Å². The molecule has 0 saturated carbocycles. The van der Waals surface area contributed by atoms with Crippen LogP contribution in [-0.2, 0) is 11.3 Å². The molecule has 1 aromatic carbocycles. The summed E-state index contributed by atoms with van der Waals surface area (Å²) in [5.74, 6) is 0.908. The maximum atomic E-state index is 5.81. The van der Waals surface area contributed by atoms with Crippen LogP contribution < -0.4 is 10.5 Å². The first-order valence-electron chi connectivity index (χ1n) is 6.61. The number of benzene rings is 1. The number of hydrogen-bond donors (Lipinski definition) is 1. The van der Waals surface area contributed by atoms with Gasteiger partial charge in [-0.1, -0.05) is 18.2 Å². The zero-order chi connectivity index (χ0) is 12.6. The van der Waals surface area contributed by atoms with Crippen molar-refractivity contribution >= 4 is 0 Å². The number of ether oxygens (including phenoxy) is 2. The topological polar surface area (TPSA) is 47.7 Å². The Balaban J connectivity index is 1.77. The third kappa shape index (κ3) is 3.98. The smallest absolute Gasteiger partial charge is 0.123 e. The third-order valence-electron chi connectivity index (χ3n) is 3.17. The summed E-state index contributed by atoms with van der Waals surface area (Å²) in [4.78, 5) is 2.39. The van der Waals surface area contributed by atoms with Crippen molar-refractivity contribution in [2.45, 2.75) is 13.0 Å². The molecule has 18 heavy (non-hydrogen) atoms. The molecule has 0 radical (unpaired) electrons. The summed E-state index contributed by atoms with van der Waals surface area (Å²) < 4.78 is 11.2. The largest absolute Gasteiger partial charge is 0.492 e.